The number of hydrogen-bond donors (Lipinski definition) is 0. The molecule has 0 aliphatic heterocycles. The van der Waals surface area contributed by atoms with Gasteiger partial charge in [0.15, 0.2) is 0 Å². The van der Waals surface area contributed by atoms with Gasteiger partial charge in [-0.2, -0.15) is 0 Å². The highest BCUT2D eigenvalue weighted by atomic mass is 32.2. The molecule has 0 aromatic carbocycles. The van der Waals surface area contributed by atoms with Crippen molar-refractivity contribution in [3.63, 3.8) is 0 Å². The molecule has 1 saturated carbocycles. The van der Waals surface area contributed by atoms with Crippen molar-refractivity contribution >= 4 is 17.7 Å². The van der Waals surface area contributed by atoms with Gasteiger partial charge in [0.1, 0.15) is 0 Å². The van der Waals surface area contributed by atoms with Crippen LogP contribution in [0.3, 0.4) is 0 Å². The smallest absolute Gasteiger partial charge is 0.315 e. The zero-order chi connectivity index (χ0) is 22.2. The van der Waals surface area contributed by atoms with Gasteiger partial charge in [-0.05, 0) is 67.3 Å². The first-order chi connectivity index (χ1) is 14.0. The van der Waals surface area contributed by atoms with Gasteiger partial charge >= 0.3 is 5.97 Å². The highest BCUT2D eigenvalue weighted by Gasteiger charge is 2.54. The van der Waals surface area contributed by atoms with Crippen LogP contribution in [-0.2, 0) is 9.53 Å². The Morgan fingerprint density at radius 2 is 2.03 bits per heavy atom. The molecule has 0 radical (unpaired) electrons. The Morgan fingerprint density at radius 1 is 1.30 bits per heavy atom. The summed E-state index contributed by atoms with van der Waals surface area (Å²) in [4.78, 5) is 12.5. The highest BCUT2D eigenvalue weighted by molar-refractivity contribution is 8.01. The van der Waals surface area contributed by atoms with Gasteiger partial charge in [-0.3, -0.25) is 4.79 Å². The number of allylic oxidation sites excluding steroid dienone is 4. The standard InChI is InChI=1S/C27H44O2S/c1-8-25(4,5)30-17-24(28)29-18-26(6)14-9-15-27(7)22-12-10-20(19(2)3)16-21(22)11-13-23(26)27/h11,16,19,22-23H,8-10,12-15,17-18H2,1-7H3/t22-,23+,26-,27-/m0/s1. The van der Waals surface area contributed by atoms with Gasteiger partial charge in [0, 0.05) is 10.2 Å². The summed E-state index contributed by atoms with van der Waals surface area (Å²) in [7, 11) is 0. The number of rotatable bonds is 7. The third-order valence-corrected chi connectivity index (χ3v) is 10.1. The van der Waals surface area contributed by atoms with Crippen LogP contribution in [0.15, 0.2) is 23.3 Å². The van der Waals surface area contributed by atoms with Gasteiger partial charge < -0.3 is 4.74 Å². The number of ether oxygens (including phenoxy) is 1. The van der Waals surface area contributed by atoms with Crippen LogP contribution in [0.1, 0.15) is 93.4 Å². The second-order valence-corrected chi connectivity index (χ2v) is 13.2. The lowest BCUT2D eigenvalue weighted by Crippen LogP contribution is -2.51. The average Bonchev–Trinajstić information content (AvgIpc) is 2.70. The summed E-state index contributed by atoms with van der Waals surface area (Å²) >= 11 is 1.72. The van der Waals surface area contributed by atoms with Crippen LogP contribution >= 0.6 is 11.8 Å². The Balaban J connectivity index is 1.70. The van der Waals surface area contributed by atoms with Crippen molar-refractivity contribution in [1.82, 2.24) is 0 Å². The first-order valence-electron chi connectivity index (χ1n) is 12.2. The van der Waals surface area contributed by atoms with E-state index in [1.54, 1.807) is 22.9 Å². The number of esters is 1. The summed E-state index contributed by atoms with van der Waals surface area (Å²) in [5, 5.41) is 0. The Bertz CT molecular complexity index is 704. The molecule has 0 aromatic heterocycles. The van der Waals surface area contributed by atoms with Gasteiger partial charge in [-0.25, -0.2) is 0 Å². The van der Waals surface area contributed by atoms with Crippen LogP contribution in [0, 0.1) is 28.6 Å². The summed E-state index contributed by atoms with van der Waals surface area (Å²) in [5.74, 6) is 2.37. The van der Waals surface area contributed by atoms with E-state index in [1.165, 1.54) is 32.1 Å². The number of carbonyl (C=O) groups is 1. The van der Waals surface area contributed by atoms with E-state index in [9.17, 15) is 4.79 Å². The van der Waals surface area contributed by atoms with Crippen LogP contribution < -0.4 is 0 Å². The van der Waals surface area contributed by atoms with Crippen molar-refractivity contribution in [2.75, 3.05) is 12.4 Å². The van der Waals surface area contributed by atoms with Crippen molar-refractivity contribution in [3.05, 3.63) is 23.3 Å². The molecule has 0 spiro atoms. The van der Waals surface area contributed by atoms with Gasteiger partial charge in [0.25, 0.3) is 0 Å². The fourth-order valence-corrected chi connectivity index (χ4v) is 7.09. The maximum absolute atomic E-state index is 12.5. The monoisotopic (exact) mass is 432 g/mol. The Morgan fingerprint density at radius 3 is 2.70 bits per heavy atom. The van der Waals surface area contributed by atoms with Crippen molar-refractivity contribution in [3.8, 4) is 0 Å². The van der Waals surface area contributed by atoms with E-state index in [2.05, 4.69) is 60.6 Å². The summed E-state index contributed by atoms with van der Waals surface area (Å²) in [6, 6.07) is 0. The van der Waals surface area contributed by atoms with E-state index >= 15 is 0 Å². The molecule has 3 heteroatoms. The van der Waals surface area contributed by atoms with E-state index in [-0.39, 0.29) is 16.1 Å². The molecular weight excluding hydrogens is 388 g/mol. The van der Waals surface area contributed by atoms with Gasteiger partial charge in [-0.1, -0.05) is 72.6 Å². The molecule has 1 fully saturated rings. The minimum Gasteiger partial charge on any atom is -0.464 e. The molecule has 4 atom stereocenters. The predicted octanol–water partition coefficient (Wildman–Crippen LogP) is 7.59. The van der Waals surface area contributed by atoms with Crippen LogP contribution in [-0.4, -0.2) is 23.1 Å². The van der Waals surface area contributed by atoms with E-state index in [0.717, 1.165) is 12.8 Å². The Hall–Kier alpha value is -0.700. The number of hydrogen-bond acceptors (Lipinski definition) is 3. The van der Waals surface area contributed by atoms with Crippen molar-refractivity contribution in [1.29, 1.82) is 0 Å². The molecule has 2 nitrogen and oxygen atoms in total. The van der Waals surface area contributed by atoms with Gasteiger partial charge in [0.05, 0.1) is 12.4 Å². The zero-order valence-corrected chi connectivity index (χ0v) is 21.3. The zero-order valence-electron chi connectivity index (χ0n) is 20.5. The molecule has 3 aliphatic carbocycles. The average molecular weight is 433 g/mol. The second kappa shape index (κ2) is 9.04. The maximum atomic E-state index is 12.5. The number of fused-ring (bicyclic) bond motifs is 3. The fourth-order valence-electron chi connectivity index (χ4n) is 6.29. The third-order valence-electron chi connectivity index (χ3n) is 8.70. The van der Waals surface area contributed by atoms with E-state index in [0.29, 0.717) is 35.5 Å². The lowest BCUT2D eigenvalue weighted by molar-refractivity contribution is -0.150. The molecule has 0 unspecified atom stereocenters. The Labute approximate surface area is 189 Å². The molecule has 170 valence electrons. The first kappa shape index (κ1) is 24.0. The first-order valence-corrected chi connectivity index (χ1v) is 13.2. The van der Waals surface area contributed by atoms with Gasteiger partial charge in [-0.15, -0.1) is 11.8 Å². The van der Waals surface area contributed by atoms with Gasteiger partial charge in [0.2, 0.25) is 0 Å². The fraction of sp³-hybridized carbons (Fsp3) is 0.815. The van der Waals surface area contributed by atoms with Crippen LogP contribution in [0.2, 0.25) is 0 Å². The van der Waals surface area contributed by atoms with E-state index in [4.69, 9.17) is 4.74 Å². The lowest BCUT2D eigenvalue weighted by atomic mass is 9.47. The largest absolute Gasteiger partial charge is 0.464 e. The Kier molecular flexibility index (Phi) is 7.22. The molecule has 0 bridgehead atoms. The summed E-state index contributed by atoms with van der Waals surface area (Å²) in [5.41, 5.74) is 3.65. The summed E-state index contributed by atoms with van der Waals surface area (Å²) in [6.45, 7) is 16.8. The number of thioether (sulfide) groups is 1. The lowest BCUT2D eigenvalue weighted by Gasteiger charge is -2.58. The minimum absolute atomic E-state index is 0.0377. The van der Waals surface area contributed by atoms with Crippen LogP contribution in [0.5, 0.6) is 0 Å². The van der Waals surface area contributed by atoms with E-state index < -0.39 is 0 Å². The quantitative estimate of drug-likeness (QED) is 0.388. The molecule has 0 N–H and O–H groups in total. The summed E-state index contributed by atoms with van der Waals surface area (Å²) in [6.07, 6.45) is 13.5. The van der Waals surface area contributed by atoms with Crippen LogP contribution in [0.25, 0.3) is 0 Å². The SMILES string of the molecule is CCC(C)(C)SCC(=O)OC[C@]1(C)CCC[C@]2(C)[C@@H]1CC=C1C=C(C(C)C)CC[C@@H]12. The van der Waals surface area contributed by atoms with Crippen molar-refractivity contribution in [2.24, 2.45) is 28.6 Å². The molecule has 30 heavy (non-hydrogen) atoms. The molecule has 0 saturated heterocycles. The molecule has 0 aromatic rings. The third kappa shape index (κ3) is 4.87. The second-order valence-electron chi connectivity index (χ2n) is 11.5. The van der Waals surface area contributed by atoms with Crippen molar-refractivity contribution in [2.45, 2.75) is 98.2 Å². The normalized spacial score (nSPS) is 34.0. The molecule has 0 amide bonds. The minimum atomic E-state index is -0.0377. The number of carbonyl (C=O) groups excluding carboxylic acids is 1. The molecule has 3 aliphatic rings. The molecular formula is C27H44O2S. The van der Waals surface area contributed by atoms with Crippen LogP contribution in [0.4, 0.5) is 0 Å². The van der Waals surface area contributed by atoms with Crippen molar-refractivity contribution < 1.29 is 9.53 Å². The van der Waals surface area contributed by atoms with E-state index in [1.807, 2.05) is 0 Å². The maximum Gasteiger partial charge on any atom is 0.315 e. The topological polar surface area (TPSA) is 26.3 Å². The molecule has 3 rings (SSSR count). The summed E-state index contributed by atoms with van der Waals surface area (Å²) < 4.78 is 6.05. The highest BCUT2D eigenvalue weighted by Crippen LogP contribution is 2.62. The molecule has 0 heterocycles. The predicted molar refractivity (Wildman–Crippen MR) is 130 cm³/mol.